The minimum Gasteiger partial charge on any atom is -0.484 e. The van der Waals surface area contributed by atoms with Crippen molar-refractivity contribution in [2.75, 3.05) is 22.6 Å². The van der Waals surface area contributed by atoms with Gasteiger partial charge in [0.25, 0.3) is 17.7 Å². The van der Waals surface area contributed by atoms with Crippen molar-refractivity contribution < 1.29 is 19.1 Å². The lowest BCUT2D eigenvalue weighted by atomic mass is 10.1. The van der Waals surface area contributed by atoms with Gasteiger partial charge in [-0.1, -0.05) is 36.4 Å². The molecule has 3 aromatic carbocycles. The van der Waals surface area contributed by atoms with Crippen LogP contribution in [0, 0.1) is 0 Å². The third-order valence-corrected chi connectivity index (χ3v) is 5.41. The van der Waals surface area contributed by atoms with E-state index in [1.165, 1.54) is 11.3 Å². The SMILES string of the molecule is O=C(COc1cccc(NC(=O)c2ccccc2NC(=O)c2ccsc2)c1)Nc1ccccc1. The van der Waals surface area contributed by atoms with Gasteiger partial charge in [-0.3, -0.25) is 14.4 Å². The first-order valence-electron chi connectivity index (χ1n) is 10.4. The van der Waals surface area contributed by atoms with E-state index in [-0.39, 0.29) is 24.3 Å². The summed E-state index contributed by atoms with van der Waals surface area (Å²) in [6.45, 7) is -0.177. The molecule has 0 radical (unpaired) electrons. The van der Waals surface area contributed by atoms with E-state index in [0.29, 0.717) is 33.9 Å². The second kappa shape index (κ2) is 10.9. The maximum atomic E-state index is 12.9. The molecule has 4 rings (SSSR count). The van der Waals surface area contributed by atoms with Crippen LogP contribution in [0.25, 0.3) is 0 Å². The van der Waals surface area contributed by atoms with Gasteiger partial charge < -0.3 is 20.7 Å². The summed E-state index contributed by atoms with van der Waals surface area (Å²) < 4.78 is 5.57. The largest absolute Gasteiger partial charge is 0.484 e. The van der Waals surface area contributed by atoms with E-state index in [9.17, 15) is 14.4 Å². The third-order valence-electron chi connectivity index (χ3n) is 4.72. The molecule has 0 bridgehead atoms. The standard InChI is InChI=1S/C26H21N3O4S/c30-24(27-19-7-2-1-3-8-19)16-33-21-10-6-9-20(15-21)28-26(32)22-11-4-5-12-23(22)29-25(31)18-13-14-34-17-18/h1-15,17H,16H2,(H,27,30)(H,28,32)(H,29,31). The second-order valence-electron chi connectivity index (χ2n) is 7.20. The minimum absolute atomic E-state index is 0.177. The molecule has 0 atom stereocenters. The molecule has 1 aromatic heterocycles. The van der Waals surface area contributed by atoms with Crippen LogP contribution in [-0.4, -0.2) is 24.3 Å². The van der Waals surface area contributed by atoms with Gasteiger partial charge in [-0.25, -0.2) is 0 Å². The van der Waals surface area contributed by atoms with Crippen LogP contribution in [0.1, 0.15) is 20.7 Å². The molecule has 7 nitrogen and oxygen atoms in total. The summed E-state index contributed by atoms with van der Waals surface area (Å²) in [6.07, 6.45) is 0. The number of carbonyl (C=O) groups excluding carboxylic acids is 3. The Bertz CT molecular complexity index is 1290. The summed E-state index contributed by atoms with van der Waals surface area (Å²) >= 11 is 1.42. The predicted octanol–water partition coefficient (Wildman–Crippen LogP) is 5.27. The van der Waals surface area contributed by atoms with Crippen LogP contribution in [0.2, 0.25) is 0 Å². The lowest BCUT2D eigenvalue weighted by molar-refractivity contribution is -0.118. The lowest BCUT2D eigenvalue weighted by Crippen LogP contribution is -2.20. The van der Waals surface area contributed by atoms with Gasteiger partial charge in [-0.2, -0.15) is 11.3 Å². The van der Waals surface area contributed by atoms with E-state index in [4.69, 9.17) is 4.74 Å². The van der Waals surface area contributed by atoms with Crippen LogP contribution in [0.5, 0.6) is 5.75 Å². The molecule has 8 heteroatoms. The first-order chi connectivity index (χ1) is 16.6. The molecule has 0 spiro atoms. The molecule has 3 amide bonds. The Morgan fingerprint density at radius 2 is 1.50 bits per heavy atom. The summed E-state index contributed by atoms with van der Waals surface area (Å²) in [5.41, 5.74) is 2.42. The average molecular weight is 472 g/mol. The van der Waals surface area contributed by atoms with Gasteiger partial charge in [-0.05, 0) is 47.8 Å². The van der Waals surface area contributed by atoms with Crippen molar-refractivity contribution in [2.24, 2.45) is 0 Å². The Balaban J connectivity index is 1.38. The molecule has 3 N–H and O–H groups in total. The lowest BCUT2D eigenvalue weighted by Gasteiger charge is -2.12. The number of hydrogen-bond acceptors (Lipinski definition) is 5. The predicted molar refractivity (Wildman–Crippen MR) is 134 cm³/mol. The zero-order chi connectivity index (χ0) is 23.8. The number of carbonyl (C=O) groups is 3. The summed E-state index contributed by atoms with van der Waals surface area (Å²) in [7, 11) is 0. The highest BCUT2D eigenvalue weighted by Crippen LogP contribution is 2.21. The van der Waals surface area contributed by atoms with Gasteiger partial charge in [0.2, 0.25) is 0 Å². The normalized spacial score (nSPS) is 10.2. The Hall–Kier alpha value is -4.43. The van der Waals surface area contributed by atoms with Crippen molar-refractivity contribution in [1.82, 2.24) is 0 Å². The molecule has 170 valence electrons. The Morgan fingerprint density at radius 1 is 0.735 bits per heavy atom. The average Bonchev–Trinajstić information content (AvgIpc) is 3.39. The minimum atomic E-state index is -0.389. The highest BCUT2D eigenvalue weighted by Gasteiger charge is 2.15. The molecule has 0 unspecified atom stereocenters. The van der Waals surface area contributed by atoms with E-state index in [1.807, 2.05) is 23.6 Å². The van der Waals surface area contributed by atoms with Crippen LogP contribution >= 0.6 is 11.3 Å². The first-order valence-corrected chi connectivity index (χ1v) is 11.3. The van der Waals surface area contributed by atoms with Crippen molar-refractivity contribution in [3.63, 3.8) is 0 Å². The fourth-order valence-electron chi connectivity index (χ4n) is 3.11. The van der Waals surface area contributed by atoms with Gasteiger partial charge >= 0.3 is 0 Å². The second-order valence-corrected chi connectivity index (χ2v) is 7.98. The van der Waals surface area contributed by atoms with E-state index < -0.39 is 0 Å². The van der Waals surface area contributed by atoms with Crippen molar-refractivity contribution in [3.05, 3.63) is 107 Å². The monoisotopic (exact) mass is 471 g/mol. The fraction of sp³-hybridized carbons (Fsp3) is 0.0385. The molecular weight excluding hydrogens is 450 g/mol. The Kier molecular flexibility index (Phi) is 7.32. The van der Waals surface area contributed by atoms with Gasteiger partial charge in [0.1, 0.15) is 5.75 Å². The number of benzene rings is 3. The number of rotatable bonds is 8. The Labute approximate surface area is 200 Å². The molecule has 0 saturated heterocycles. The van der Waals surface area contributed by atoms with E-state index >= 15 is 0 Å². The molecule has 34 heavy (non-hydrogen) atoms. The maximum Gasteiger partial charge on any atom is 0.262 e. The highest BCUT2D eigenvalue weighted by atomic mass is 32.1. The molecule has 0 fully saturated rings. The summed E-state index contributed by atoms with van der Waals surface area (Å²) in [5.74, 6) is -0.540. The summed E-state index contributed by atoms with van der Waals surface area (Å²) in [5, 5.41) is 11.9. The third kappa shape index (κ3) is 6.08. The number of ether oxygens (including phenoxy) is 1. The summed E-state index contributed by atoms with van der Waals surface area (Å²) in [6, 6.07) is 24.3. The number of anilines is 3. The molecule has 0 aliphatic heterocycles. The number of amides is 3. The van der Waals surface area contributed by atoms with Gasteiger partial charge in [0.15, 0.2) is 6.61 Å². The smallest absolute Gasteiger partial charge is 0.262 e. The number of hydrogen-bond donors (Lipinski definition) is 3. The van der Waals surface area contributed by atoms with Crippen LogP contribution in [0.3, 0.4) is 0 Å². The van der Waals surface area contributed by atoms with E-state index in [2.05, 4.69) is 16.0 Å². The van der Waals surface area contributed by atoms with Crippen LogP contribution in [-0.2, 0) is 4.79 Å². The van der Waals surface area contributed by atoms with Gasteiger partial charge in [-0.15, -0.1) is 0 Å². The van der Waals surface area contributed by atoms with Crippen LogP contribution < -0.4 is 20.7 Å². The van der Waals surface area contributed by atoms with E-state index in [0.717, 1.165) is 0 Å². The maximum absolute atomic E-state index is 12.9. The quantitative estimate of drug-likeness (QED) is 0.326. The number of nitrogens with one attached hydrogen (secondary N) is 3. The zero-order valence-electron chi connectivity index (χ0n) is 18.0. The molecule has 1 heterocycles. The van der Waals surface area contributed by atoms with Gasteiger partial charge in [0.05, 0.1) is 16.8 Å². The van der Waals surface area contributed by atoms with Crippen molar-refractivity contribution in [3.8, 4) is 5.75 Å². The number of thiophene rings is 1. The van der Waals surface area contributed by atoms with Crippen molar-refractivity contribution in [1.29, 1.82) is 0 Å². The topological polar surface area (TPSA) is 96.5 Å². The molecular formula is C26H21N3O4S. The Morgan fingerprint density at radius 3 is 2.29 bits per heavy atom. The molecule has 4 aromatic rings. The zero-order valence-corrected chi connectivity index (χ0v) is 18.8. The van der Waals surface area contributed by atoms with Crippen molar-refractivity contribution >= 4 is 46.1 Å². The van der Waals surface area contributed by atoms with Crippen LogP contribution in [0.15, 0.2) is 95.7 Å². The molecule has 0 aliphatic carbocycles. The first kappa shape index (κ1) is 22.8. The van der Waals surface area contributed by atoms with E-state index in [1.54, 1.807) is 72.1 Å². The highest BCUT2D eigenvalue weighted by molar-refractivity contribution is 7.08. The van der Waals surface area contributed by atoms with Gasteiger partial charge in [0, 0.05) is 22.8 Å². The molecule has 0 aliphatic rings. The summed E-state index contributed by atoms with van der Waals surface area (Å²) in [4.78, 5) is 37.4. The van der Waals surface area contributed by atoms with Crippen molar-refractivity contribution in [2.45, 2.75) is 0 Å². The number of para-hydroxylation sites is 2. The van der Waals surface area contributed by atoms with Crippen LogP contribution in [0.4, 0.5) is 17.1 Å². The fourth-order valence-corrected chi connectivity index (χ4v) is 3.74. The molecule has 0 saturated carbocycles.